The van der Waals surface area contributed by atoms with Crippen molar-refractivity contribution in [1.29, 1.82) is 0 Å². The largest absolute Gasteiger partial charge is 0.368 e. The molecule has 0 saturated heterocycles. The molecule has 26 heavy (non-hydrogen) atoms. The van der Waals surface area contributed by atoms with E-state index in [2.05, 4.69) is 35.2 Å². The van der Waals surface area contributed by atoms with Gasteiger partial charge in [-0.05, 0) is 5.56 Å². The third kappa shape index (κ3) is 2.81. The fraction of sp³-hybridized carbons (Fsp3) is 0.188. The van der Waals surface area contributed by atoms with Gasteiger partial charge in [-0.3, -0.25) is 0 Å². The van der Waals surface area contributed by atoms with E-state index in [1.165, 1.54) is 0 Å². The van der Waals surface area contributed by atoms with Crippen LogP contribution in [-0.4, -0.2) is 34.5 Å². The summed E-state index contributed by atoms with van der Waals surface area (Å²) in [6, 6.07) is 0. The van der Waals surface area contributed by atoms with E-state index >= 15 is 0 Å². The van der Waals surface area contributed by atoms with Crippen molar-refractivity contribution in [2.24, 2.45) is 7.05 Å². The molecule has 0 aromatic carbocycles. The Labute approximate surface area is 147 Å². The summed E-state index contributed by atoms with van der Waals surface area (Å²) in [5.41, 5.74) is 7.27. The Hall–Kier alpha value is -3.56. The first-order chi connectivity index (χ1) is 12.5. The summed E-state index contributed by atoms with van der Waals surface area (Å²) in [5, 5.41) is 3.92. The number of aromatic amines is 1. The molecule has 1 atom stereocenters. The van der Waals surface area contributed by atoms with Gasteiger partial charge in [0.1, 0.15) is 23.1 Å². The lowest BCUT2D eigenvalue weighted by Crippen LogP contribution is -2.05. The first-order valence-corrected chi connectivity index (χ1v) is 7.88. The number of anilines is 3. The number of aryl methyl sites for hydroxylation is 1. The number of nitrogens with one attached hydrogen (secondary N) is 2. The van der Waals surface area contributed by atoms with Crippen molar-refractivity contribution < 1.29 is 4.39 Å². The maximum absolute atomic E-state index is 13.1. The van der Waals surface area contributed by atoms with E-state index in [1.54, 1.807) is 12.5 Å². The predicted molar refractivity (Wildman–Crippen MR) is 94.3 cm³/mol. The molecule has 0 unspecified atom stereocenters. The molecule has 0 fully saturated rings. The minimum atomic E-state index is -0.478. The van der Waals surface area contributed by atoms with Gasteiger partial charge in [0.05, 0.1) is 24.1 Å². The molecular formula is C16H16FN9. The summed E-state index contributed by atoms with van der Waals surface area (Å²) in [7, 11) is 1.87. The van der Waals surface area contributed by atoms with E-state index < -0.39 is 5.82 Å². The lowest BCUT2D eigenvalue weighted by Gasteiger charge is -2.11. The Morgan fingerprint density at radius 1 is 1.23 bits per heavy atom. The van der Waals surface area contributed by atoms with E-state index in [0.29, 0.717) is 23.1 Å². The van der Waals surface area contributed by atoms with E-state index in [0.717, 1.165) is 23.3 Å². The molecule has 0 saturated carbocycles. The van der Waals surface area contributed by atoms with Crippen LogP contribution in [0.15, 0.2) is 31.1 Å². The molecule has 0 aliphatic rings. The molecule has 10 heteroatoms. The minimum absolute atomic E-state index is 0.134. The van der Waals surface area contributed by atoms with Crippen LogP contribution in [0.2, 0.25) is 0 Å². The molecule has 132 valence electrons. The zero-order valence-electron chi connectivity index (χ0n) is 14.1. The zero-order valence-corrected chi connectivity index (χ0v) is 14.1. The summed E-state index contributed by atoms with van der Waals surface area (Å²) in [5.74, 6) is 1.10. The molecule has 4 rings (SSSR count). The highest BCUT2D eigenvalue weighted by molar-refractivity contribution is 5.93. The SMILES string of the molecule is C[C@@H](c1ncc(F)cn1)c1c[nH]c2nc(N)nc(Nc3cn(C)cn3)c12. The van der Waals surface area contributed by atoms with Crippen molar-refractivity contribution in [1.82, 2.24) is 34.5 Å². The average Bonchev–Trinajstić information content (AvgIpc) is 3.21. The predicted octanol–water partition coefficient (Wildman–Crippen LogP) is 2.10. The number of aromatic nitrogens is 7. The fourth-order valence-electron chi connectivity index (χ4n) is 2.79. The minimum Gasteiger partial charge on any atom is -0.368 e. The summed E-state index contributed by atoms with van der Waals surface area (Å²) in [6.45, 7) is 1.93. The van der Waals surface area contributed by atoms with Crippen molar-refractivity contribution in [3.63, 3.8) is 0 Å². The molecule has 4 aromatic rings. The molecule has 0 bridgehead atoms. The summed E-state index contributed by atoms with van der Waals surface area (Å²) in [4.78, 5) is 24.0. The molecule has 0 radical (unpaired) electrons. The van der Waals surface area contributed by atoms with Crippen molar-refractivity contribution in [3.8, 4) is 0 Å². The van der Waals surface area contributed by atoms with Crippen molar-refractivity contribution in [2.45, 2.75) is 12.8 Å². The molecular weight excluding hydrogens is 337 g/mol. The molecule has 4 N–H and O–H groups in total. The van der Waals surface area contributed by atoms with Gasteiger partial charge in [-0.1, -0.05) is 6.92 Å². The van der Waals surface area contributed by atoms with E-state index in [4.69, 9.17) is 5.73 Å². The average molecular weight is 353 g/mol. The monoisotopic (exact) mass is 353 g/mol. The molecule has 0 spiro atoms. The number of nitrogens with zero attached hydrogens (tertiary/aromatic N) is 6. The molecule has 0 amide bonds. The lowest BCUT2D eigenvalue weighted by atomic mass is 10.0. The van der Waals surface area contributed by atoms with Crippen LogP contribution < -0.4 is 11.1 Å². The number of hydrogen-bond donors (Lipinski definition) is 3. The van der Waals surface area contributed by atoms with Crippen LogP contribution in [-0.2, 0) is 7.05 Å². The first-order valence-electron chi connectivity index (χ1n) is 7.88. The Morgan fingerprint density at radius 3 is 2.69 bits per heavy atom. The number of nitrogen functional groups attached to an aromatic ring is 1. The maximum atomic E-state index is 13.1. The smallest absolute Gasteiger partial charge is 0.224 e. The summed E-state index contributed by atoms with van der Waals surface area (Å²) < 4.78 is 14.9. The highest BCUT2D eigenvalue weighted by atomic mass is 19.1. The number of H-pyrrole nitrogens is 1. The third-order valence-corrected chi connectivity index (χ3v) is 4.02. The first kappa shape index (κ1) is 15.9. The van der Waals surface area contributed by atoms with Gasteiger partial charge in [-0.2, -0.15) is 9.97 Å². The number of fused-ring (bicyclic) bond motifs is 1. The van der Waals surface area contributed by atoms with Crippen LogP contribution in [0, 0.1) is 5.82 Å². The Kier molecular flexibility index (Phi) is 3.72. The van der Waals surface area contributed by atoms with E-state index in [1.807, 2.05) is 24.7 Å². The number of imidazole rings is 1. The second-order valence-corrected chi connectivity index (χ2v) is 5.93. The summed E-state index contributed by atoms with van der Waals surface area (Å²) in [6.07, 6.45) is 7.60. The van der Waals surface area contributed by atoms with Crippen molar-refractivity contribution >= 4 is 28.6 Å². The zero-order chi connectivity index (χ0) is 18.3. The number of hydrogen-bond acceptors (Lipinski definition) is 7. The Balaban J connectivity index is 1.81. The van der Waals surface area contributed by atoms with Gasteiger partial charge in [-0.25, -0.2) is 19.3 Å². The van der Waals surface area contributed by atoms with Crippen LogP contribution in [0.1, 0.15) is 24.2 Å². The Bertz CT molecular complexity index is 1070. The second-order valence-electron chi connectivity index (χ2n) is 5.93. The van der Waals surface area contributed by atoms with Crippen LogP contribution >= 0.6 is 0 Å². The van der Waals surface area contributed by atoms with Gasteiger partial charge in [0.2, 0.25) is 5.95 Å². The molecule has 0 aliphatic heterocycles. The van der Waals surface area contributed by atoms with Crippen LogP contribution in [0.3, 0.4) is 0 Å². The van der Waals surface area contributed by atoms with Gasteiger partial charge >= 0.3 is 0 Å². The van der Waals surface area contributed by atoms with Crippen LogP contribution in [0.4, 0.5) is 22.0 Å². The molecule has 4 aromatic heterocycles. The number of nitrogens with two attached hydrogens (primary N) is 1. The standard InChI is InChI=1S/C16H16FN9/c1-8(13-19-3-9(17)4-20-13)10-5-21-14-12(10)15(25-16(18)24-14)23-11-6-26(2)7-22-11/h3-8H,1-2H3,(H4,18,21,23,24,25)/t8-/m1/s1. The van der Waals surface area contributed by atoms with E-state index in [-0.39, 0.29) is 11.9 Å². The topological polar surface area (TPSA) is 123 Å². The van der Waals surface area contributed by atoms with Crippen LogP contribution in [0.5, 0.6) is 0 Å². The lowest BCUT2D eigenvalue weighted by molar-refractivity contribution is 0.606. The molecule has 4 heterocycles. The van der Waals surface area contributed by atoms with Gasteiger partial charge in [-0.15, -0.1) is 0 Å². The molecule has 0 aliphatic carbocycles. The maximum Gasteiger partial charge on any atom is 0.224 e. The number of rotatable bonds is 4. The normalized spacial score (nSPS) is 12.4. The van der Waals surface area contributed by atoms with Gasteiger partial charge in [0.15, 0.2) is 5.82 Å². The fourth-order valence-corrected chi connectivity index (χ4v) is 2.79. The van der Waals surface area contributed by atoms with E-state index in [9.17, 15) is 4.39 Å². The van der Waals surface area contributed by atoms with Crippen LogP contribution in [0.25, 0.3) is 11.0 Å². The van der Waals surface area contributed by atoms with Crippen molar-refractivity contribution in [3.05, 3.63) is 48.3 Å². The highest BCUT2D eigenvalue weighted by Crippen LogP contribution is 2.33. The van der Waals surface area contributed by atoms with Gasteiger partial charge < -0.3 is 20.6 Å². The highest BCUT2D eigenvalue weighted by Gasteiger charge is 2.21. The summed E-state index contributed by atoms with van der Waals surface area (Å²) >= 11 is 0. The number of halogens is 1. The third-order valence-electron chi connectivity index (χ3n) is 4.02. The van der Waals surface area contributed by atoms with Gasteiger partial charge in [0.25, 0.3) is 0 Å². The Morgan fingerprint density at radius 2 is 2.00 bits per heavy atom. The van der Waals surface area contributed by atoms with Gasteiger partial charge in [0, 0.05) is 25.4 Å². The second kappa shape index (κ2) is 6.06. The quantitative estimate of drug-likeness (QED) is 0.513. The van der Waals surface area contributed by atoms with Crippen molar-refractivity contribution in [2.75, 3.05) is 11.1 Å². The molecule has 9 nitrogen and oxygen atoms in total.